The number of hydrogen-bond acceptors (Lipinski definition) is 2. The Morgan fingerprint density at radius 3 is 2.33 bits per heavy atom. The first-order valence-corrected chi connectivity index (χ1v) is 7.13. The molecule has 1 fully saturated rings. The zero-order chi connectivity index (χ0) is 15.0. The van der Waals surface area contributed by atoms with Crippen molar-refractivity contribution in [2.45, 2.75) is 31.4 Å². The van der Waals surface area contributed by atoms with Gasteiger partial charge in [-0.25, -0.2) is 4.98 Å². The number of alkyl halides is 3. The molecule has 1 aliphatic carbocycles. The highest BCUT2D eigenvalue weighted by atomic mass is 32.1. The lowest BCUT2D eigenvalue weighted by molar-refractivity contribution is -0.141. The van der Waals surface area contributed by atoms with Gasteiger partial charge < -0.3 is 4.98 Å². The van der Waals surface area contributed by atoms with Crippen molar-refractivity contribution in [3.05, 3.63) is 46.4 Å². The van der Waals surface area contributed by atoms with Gasteiger partial charge in [0.25, 0.3) is 0 Å². The Bertz CT molecular complexity index is 700. The maximum absolute atomic E-state index is 12.8. The third-order valence-corrected chi connectivity index (χ3v) is 4.03. The number of benzene rings is 1. The predicted octanol–water partition coefficient (Wildman–Crippen LogP) is 5.09. The minimum absolute atomic E-state index is 0.164. The van der Waals surface area contributed by atoms with Crippen LogP contribution in [-0.2, 0) is 6.18 Å². The lowest BCUT2D eigenvalue weighted by Crippen LogP contribution is -2.09. The molecule has 2 nitrogen and oxygen atoms in total. The summed E-state index contributed by atoms with van der Waals surface area (Å²) in [6.45, 7) is 0. The average Bonchev–Trinajstić information content (AvgIpc) is 2.36. The minimum Gasteiger partial charge on any atom is -0.327 e. The van der Waals surface area contributed by atoms with Gasteiger partial charge in [0.1, 0.15) is 5.69 Å². The lowest BCUT2D eigenvalue weighted by Gasteiger charge is -2.25. The molecule has 0 amide bonds. The Balaban J connectivity index is 1.96. The number of nitrogens with one attached hydrogen (secondary N) is 1. The van der Waals surface area contributed by atoms with Gasteiger partial charge in [0.15, 0.2) is 4.77 Å². The lowest BCUT2D eigenvalue weighted by atomic mass is 9.80. The third-order valence-electron chi connectivity index (χ3n) is 3.83. The fourth-order valence-electron chi connectivity index (χ4n) is 2.43. The summed E-state index contributed by atoms with van der Waals surface area (Å²) < 4.78 is 38.2. The van der Waals surface area contributed by atoms with Crippen LogP contribution in [0.2, 0.25) is 0 Å². The van der Waals surface area contributed by atoms with Gasteiger partial charge in [-0.15, -0.1) is 0 Å². The van der Waals surface area contributed by atoms with E-state index in [0.717, 1.165) is 6.07 Å². The SMILES string of the molecule is FC(F)(F)c1cc(-c2ccc(C3CCC3)cc2)nc(=S)[nH]1. The van der Waals surface area contributed by atoms with E-state index < -0.39 is 11.9 Å². The number of halogens is 3. The van der Waals surface area contributed by atoms with Gasteiger partial charge in [-0.1, -0.05) is 30.7 Å². The molecule has 1 saturated carbocycles. The van der Waals surface area contributed by atoms with Crippen LogP contribution in [0.15, 0.2) is 30.3 Å². The Labute approximate surface area is 125 Å². The molecule has 1 heterocycles. The highest BCUT2D eigenvalue weighted by Crippen LogP contribution is 2.37. The maximum atomic E-state index is 12.8. The minimum atomic E-state index is -4.46. The number of nitrogens with zero attached hydrogens (tertiary/aromatic N) is 1. The molecule has 21 heavy (non-hydrogen) atoms. The molecule has 6 heteroatoms. The van der Waals surface area contributed by atoms with E-state index in [1.165, 1.54) is 24.8 Å². The first-order chi connectivity index (χ1) is 9.93. The molecule has 0 bridgehead atoms. The number of aromatic amines is 1. The van der Waals surface area contributed by atoms with Crippen LogP contribution in [0.3, 0.4) is 0 Å². The Hall–Kier alpha value is -1.69. The molecule has 0 aliphatic heterocycles. The monoisotopic (exact) mass is 310 g/mol. The Morgan fingerprint density at radius 2 is 1.81 bits per heavy atom. The van der Waals surface area contributed by atoms with Crippen molar-refractivity contribution in [3.63, 3.8) is 0 Å². The van der Waals surface area contributed by atoms with Gasteiger partial charge in [-0.05, 0) is 42.6 Å². The van der Waals surface area contributed by atoms with Crippen LogP contribution < -0.4 is 0 Å². The molecule has 0 atom stereocenters. The van der Waals surface area contributed by atoms with E-state index in [2.05, 4.69) is 9.97 Å². The summed E-state index contributed by atoms with van der Waals surface area (Å²) in [7, 11) is 0. The molecule has 3 rings (SSSR count). The van der Waals surface area contributed by atoms with Crippen molar-refractivity contribution in [3.8, 4) is 11.3 Å². The highest BCUT2D eigenvalue weighted by Gasteiger charge is 2.32. The van der Waals surface area contributed by atoms with E-state index in [-0.39, 0.29) is 10.5 Å². The van der Waals surface area contributed by atoms with Crippen molar-refractivity contribution in [1.29, 1.82) is 0 Å². The summed E-state index contributed by atoms with van der Waals surface area (Å²) in [5, 5.41) is 0. The normalized spacial score (nSPS) is 15.8. The van der Waals surface area contributed by atoms with Crippen molar-refractivity contribution < 1.29 is 13.2 Å². The number of H-pyrrole nitrogens is 1. The predicted molar refractivity (Wildman–Crippen MR) is 76.5 cm³/mol. The van der Waals surface area contributed by atoms with Crippen molar-refractivity contribution in [1.82, 2.24) is 9.97 Å². The van der Waals surface area contributed by atoms with Gasteiger partial charge in [0.05, 0.1) is 5.69 Å². The fraction of sp³-hybridized carbons (Fsp3) is 0.333. The van der Waals surface area contributed by atoms with Gasteiger partial charge in [-0.2, -0.15) is 13.2 Å². The van der Waals surface area contributed by atoms with Crippen LogP contribution in [0.5, 0.6) is 0 Å². The molecule has 1 aromatic heterocycles. The summed E-state index contributed by atoms with van der Waals surface area (Å²) in [6, 6.07) is 8.55. The standard InChI is InChI=1S/C15H13F3N2S/c16-15(17,18)13-8-12(19-14(21)20-13)11-6-4-10(5-7-11)9-2-1-3-9/h4-9H,1-3H2,(H,19,20,21). The molecule has 1 N–H and O–H groups in total. The first kappa shape index (κ1) is 14.3. The van der Waals surface area contributed by atoms with E-state index in [1.54, 1.807) is 0 Å². The summed E-state index contributed by atoms with van der Waals surface area (Å²) in [6.07, 6.45) is -0.841. The zero-order valence-corrected chi connectivity index (χ0v) is 11.9. The number of rotatable bonds is 2. The topological polar surface area (TPSA) is 28.7 Å². The van der Waals surface area contributed by atoms with Crippen LogP contribution in [0.4, 0.5) is 13.2 Å². The fourth-order valence-corrected chi connectivity index (χ4v) is 2.63. The largest absolute Gasteiger partial charge is 0.431 e. The molecule has 0 unspecified atom stereocenters. The van der Waals surface area contributed by atoms with E-state index >= 15 is 0 Å². The Kier molecular flexibility index (Phi) is 3.57. The van der Waals surface area contributed by atoms with Crippen molar-refractivity contribution in [2.24, 2.45) is 0 Å². The van der Waals surface area contributed by atoms with Crippen LogP contribution in [0.1, 0.15) is 36.4 Å². The summed E-state index contributed by atoms with van der Waals surface area (Å²) in [4.78, 5) is 6.07. The molecule has 1 aliphatic rings. The molecule has 1 aromatic carbocycles. The van der Waals surface area contributed by atoms with Crippen molar-refractivity contribution >= 4 is 12.2 Å². The van der Waals surface area contributed by atoms with E-state index in [0.29, 0.717) is 11.5 Å². The molecule has 0 radical (unpaired) electrons. The second kappa shape index (κ2) is 5.26. The summed E-state index contributed by atoms with van der Waals surface area (Å²) in [5.41, 5.74) is 1.25. The van der Waals surface area contributed by atoms with Crippen LogP contribution in [0, 0.1) is 4.77 Å². The quantitative estimate of drug-likeness (QED) is 0.782. The first-order valence-electron chi connectivity index (χ1n) is 6.72. The number of hydrogen-bond donors (Lipinski definition) is 1. The maximum Gasteiger partial charge on any atom is 0.431 e. The van der Waals surface area contributed by atoms with E-state index in [1.807, 2.05) is 24.3 Å². The average molecular weight is 310 g/mol. The van der Waals surface area contributed by atoms with Gasteiger partial charge in [-0.3, -0.25) is 0 Å². The van der Waals surface area contributed by atoms with Crippen LogP contribution in [-0.4, -0.2) is 9.97 Å². The second-order valence-corrected chi connectivity index (χ2v) is 5.62. The molecule has 110 valence electrons. The summed E-state index contributed by atoms with van der Waals surface area (Å²) in [5.74, 6) is 0.594. The highest BCUT2D eigenvalue weighted by molar-refractivity contribution is 7.71. The smallest absolute Gasteiger partial charge is 0.327 e. The van der Waals surface area contributed by atoms with Crippen molar-refractivity contribution in [2.75, 3.05) is 0 Å². The van der Waals surface area contributed by atoms with Gasteiger partial charge in [0.2, 0.25) is 0 Å². The number of aromatic nitrogens is 2. The Morgan fingerprint density at radius 1 is 1.14 bits per heavy atom. The molecular weight excluding hydrogens is 297 g/mol. The zero-order valence-electron chi connectivity index (χ0n) is 11.1. The van der Waals surface area contributed by atoms with Gasteiger partial charge in [0, 0.05) is 5.56 Å². The van der Waals surface area contributed by atoms with Gasteiger partial charge >= 0.3 is 6.18 Å². The molecular formula is C15H13F3N2S. The van der Waals surface area contributed by atoms with E-state index in [4.69, 9.17) is 12.2 Å². The third kappa shape index (κ3) is 3.00. The molecule has 2 aromatic rings. The summed E-state index contributed by atoms with van der Waals surface area (Å²) >= 11 is 4.78. The van der Waals surface area contributed by atoms with E-state index in [9.17, 15) is 13.2 Å². The second-order valence-electron chi connectivity index (χ2n) is 5.23. The van der Waals surface area contributed by atoms with Crippen LogP contribution >= 0.6 is 12.2 Å². The molecule has 0 spiro atoms. The molecule has 0 saturated heterocycles. The van der Waals surface area contributed by atoms with Crippen LogP contribution in [0.25, 0.3) is 11.3 Å².